The lowest BCUT2D eigenvalue weighted by molar-refractivity contribution is -0.137. The second kappa shape index (κ2) is 6.10. The van der Waals surface area contributed by atoms with E-state index in [1.54, 1.807) is 6.07 Å². The predicted octanol–water partition coefficient (Wildman–Crippen LogP) is 4.00. The molecule has 0 atom stereocenters. The Morgan fingerprint density at radius 3 is 2.39 bits per heavy atom. The van der Waals surface area contributed by atoms with Gasteiger partial charge in [0.05, 0.1) is 16.1 Å². The summed E-state index contributed by atoms with van der Waals surface area (Å²) in [6.45, 7) is 0. The third kappa shape index (κ3) is 3.94. The highest BCUT2D eigenvalue weighted by Gasteiger charge is 2.31. The molecule has 2 rings (SSSR count). The summed E-state index contributed by atoms with van der Waals surface area (Å²) in [5, 5.41) is 8.62. The molecule has 0 heterocycles. The van der Waals surface area contributed by atoms with E-state index in [0.717, 1.165) is 30.3 Å². The fraction of sp³-hybridized carbons (Fsp3) is 0.0714. The lowest BCUT2D eigenvalue weighted by Crippen LogP contribution is -2.11. The predicted molar refractivity (Wildman–Crippen MR) is 75.4 cm³/mol. The molecule has 2 aromatic carbocycles. The first-order valence-corrected chi connectivity index (χ1v) is 7.73. The van der Waals surface area contributed by atoms with Gasteiger partial charge in [-0.2, -0.15) is 26.9 Å². The molecule has 0 fully saturated rings. The van der Waals surface area contributed by atoms with Crippen LogP contribution in [-0.2, 0) is 16.3 Å². The zero-order valence-corrected chi connectivity index (χ0v) is 12.7. The minimum Gasteiger partial charge on any atom is -0.379 e. The van der Waals surface area contributed by atoms with Crippen molar-refractivity contribution in [1.82, 2.24) is 0 Å². The van der Waals surface area contributed by atoms with Crippen molar-refractivity contribution in [3.8, 4) is 11.8 Å². The van der Waals surface area contributed by atoms with Crippen molar-refractivity contribution in [2.75, 3.05) is 0 Å². The zero-order chi connectivity index (χ0) is 17.3. The Bertz CT molecular complexity index is 889. The molecule has 120 valence electrons. The Balaban J connectivity index is 2.36. The van der Waals surface area contributed by atoms with Gasteiger partial charge in [-0.15, -0.1) is 0 Å². The summed E-state index contributed by atoms with van der Waals surface area (Å²) in [5.41, 5.74) is -0.979. The van der Waals surface area contributed by atoms with Crippen LogP contribution in [-0.4, -0.2) is 8.42 Å². The maximum absolute atomic E-state index is 12.6. The Morgan fingerprint density at radius 2 is 1.83 bits per heavy atom. The van der Waals surface area contributed by atoms with E-state index in [-0.39, 0.29) is 15.5 Å². The first kappa shape index (κ1) is 17.1. The van der Waals surface area contributed by atoms with Crippen LogP contribution in [0, 0.1) is 11.3 Å². The number of nitriles is 1. The van der Waals surface area contributed by atoms with Crippen molar-refractivity contribution < 1.29 is 25.8 Å². The average Bonchev–Trinajstić information content (AvgIpc) is 2.46. The molecule has 0 radical (unpaired) electrons. The molecule has 0 saturated heterocycles. The van der Waals surface area contributed by atoms with Gasteiger partial charge in [-0.25, -0.2) is 0 Å². The maximum Gasteiger partial charge on any atom is 0.416 e. The highest BCUT2D eigenvalue weighted by molar-refractivity contribution is 7.87. The molecule has 0 spiro atoms. The smallest absolute Gasteiger partial charge is 0.379 e. The van der Waals surface area contributed by atoms with Gasteiger partial charge in [0.2, 0.25) is 0 Å². The van der Waals surface area contributed by atoms with Crippen LogP contribution < -0.4 is 4.18 Å². The van der Waals surface area contributed by atoms with Gasteiger partial charge in [-0.3, -0.25) is 0 Å². The first-order valence-electron chi connectivity index (χ1n) is 5.95. The topological polar surface area (TPSA) is 67.2 Å². The molecule has 0 aliphatic rings. The van der Waals surface area contributed by atoms with E-state index in [1.165, 1.54) is 6.07 Å². The molecule has 0 bridgehead atoms. The molecule has 0 N–H and O–H groups in total. The van der Waals surface area contributed by atoms with Crippen LogP contribution in [0.25, 0.3) is 0 Å². The molecular weight excluding hydrogens is 355 g/mol. The standard InChI is InChI=1S/C14H7ClF3NO3S/c15-13-7-12(5-4-9(13)8-19)23(20,21)22-11-3-1-2-10(6-11)14(16,17)18/h1-7H. The second-order valence-electron chi connectivity index (χ2n) is 4.32. The lowest BCUT2D eigenvalue weighted by Gasteiger charge is -2.10. The molecular formula is C14H7ClF3NO3S. The van der Waals surface area contributed by atoms with Crippen molar-refractivity contribution in [1.29, 1.82) is 5.26 Å². The number of benzene rings is 2. The summed E-state index contributed by atoms with van der Waals surface area (Å²) < 4.78 is 66.6. The van der Waals surface area contributed by atoms with Crippen molar-refractivity contribution in [3.05, 3.63) is 58.6 Å². The quantitative estimate of drug-likeness (QED) is 0.775. The monoisotopic (exact) mass is 361 g/mol. The van der Waals surface area contributed by atoms with Crippen LogP contribution in [0.4, 0.5) is 13.2 Å². The number of alkyl halides is 3. The van der Waals surface area contributed by atoms with Gasteiger partial charge in [-0.1, -0.05) is 17.7 Å². The van der Waals surface area contributed by atoms with Gasteiger partial charge in [0.1, 0.15) is 16.7 Å². The Kier molecular flexibility index (Phi) is 4.54. The van der Waals surface area contributed by atoms with E-state index in [4.69, 9.17) is 16.9 Å². The minimum atomic E-state index is -4.62. The third-order valence-electron chi connectivity index (χ3n) is 2.72. The largest absolute Gasteiger partial charge is 0.416 e. The first-order chi connectivity index (χ1) is 10.6. The summed E-state index contributed by atoms with van der Waals surface area (Å²) in [6, 6.07) is 8.46. The van der Waals surface area contributed by atoms with Crippen LogP contribution >= 0.6 is 11.6 Å². The van der Waals surface area contributed by atoms with E-state index >= 15 is 0 Å². The average molecular weight is 362 g/mol. The lowest BCUT2D eigenvalue weighted by atomic mass is 10.2. The molecule has 9 heteroatoms. The number of hydrogen-bond donors (Lipinski definition) is 0. The number of hydrogen-bond acceptors (Lipinski definition) is 4. The fourth-order valence-electron chi connectivity index (χ4n) is 1.64. The minimum absolute atomic E-state index is 0.0599. The summed E-state index contributed by atoms with van der Waals surface area (Å²) in [7, 11) is -4.38. The SMILES string of the molecule is N#Cc1ccc(S(=O)(=O)Oc2cccc(C(F)(F)F)c2)cc1Cl. The van der Waals surface area contributed by atoms with E-state index in [1.807, 2.05) is 0 Å². The fourth-order valence-corrected chi connectivity index (χ4v) is 2.88. The molecule has 0 unspecified atom stereocenters. The molecule has 0 saturated carbocycles. The van der Waals surface area contributed by atoms with Crippen LogP contribution in [0.3, 0.4) is 0 Å². The van der Waals surface area contributed by atoms with Gasteiger partial charge in [0.25, 0.3) is 0 Å². The third-order valence-corrected chi connectivity index (χ3v) is 4.27. The Morgan fingerprint density at radius 1 is 1.13 bits per heavy atom. The number of nitrogens with zero attached hydrogens (tertiary/aromatic N) is 1. The van der Waals surface area contributed by atoms with Gasteiger partial charge in [0.15, 0.2) is 0 Å². The highest BCUT2D eigenvalue weighted by Crippen LogP contribution is 2.32. The molecule has 0 aliphatic heterocycles. The Hall–Kier alpha value is -2.24. The van der Waals surface area contributed by atoms with Crippen LogP contribution in [0.5, 0.6) is 5.75 Å². The van der Waals surface area contributed by atoms with Crippen LogP contribution in [0.2, 0.25) is 5.02 Å². The summed E-state index contributed by atoms with van der Waals surface area (Å²) >= 11 is 5.73. The Labute approximate surface area is 134 Å². The second-order valence-corrected chi connectivity index (χ2v) is 6.27. The molecule has 0 aliphatic carbocycles. The maximum atomic E-state index is 12.6. The summed E-state index contributed by atoms with van der Waals surface area (Å²) in [5.74, 6) is -0.486. The van der Waals surface area contributed by atoms with Crippen LogP contribution in [0.15, 0.2) is 47.4 Å². The van der Waals surface area contributed by atoms with Crippen molar-refractivity contribution >= 4 is 21.7 Å². The van der Waals surface area contributed by atoms with E-state index in [2.05, 4.69) is 4.18 Å². The number of halogens is 4. The molecule has 0 amide bonds. The van der Waals surface area contributed by atoms with Gasteiger partial charge in [0, 0.05) is 0 Å². The van der Waals surface area contributed by atoms with Gasteiger partial charge < -0.3 is 4.18 Å². The number of rotatable bonds is 3. The van der Waals surface area contributed by atoms with Gasteiger partial charge in [-0.05, 0) is 36.4 Å². The summed E-state index contributed by atoms with van der Waals surface area (Å²) in [6.07, 6.45) is -4.62. The summed E-state index contributed by atoms with van der Waals surface area (Å²) in [4.78, 5) is -0.376. The molecule has 23 heavy (non-hydrogen) atoms. The highest BCUT2D eigenvalue weighted by atomic mass is 35.5. The van der Waals surface area contributed by atoms with Crippen molar-refractivity contribution in [2.24, 2.45) is 0 Å². The van der Waals surface area contributed by atoms with E-state index < -0.39 is 27.6 Å². The zero-order valence-electron chi connectivity index (χ0n) is 11.1. The van der Waals surface area contributed by atoms with Crippen molar-refractivity contribution in [2.45, 2.75) is 11.1 Å². The molecule has 0 aromatic heterocycles. The van der Waals surface area contributed by atoms with E-state index in [0.29, 0.717) is 6.07 Å². The van der Waals surface area contributed by atoms with Crippen LogP contribution in [0.1, 0.15) is 11.1 Å². The van der Waals surface area contributed by atoms with Crippen molar-refractivity contribution in [3.63, 3.8) is 0 Å². The molecule has 2 aromatic rings. The van der Waals surface area contributed by atoms with E-state index in [9.17, 15) is 21.6 Å². The molecule has 4 nitrogen and oxygen atoms in total. The normalized spacial score (nSPS) is 11.8. The van der Waals surface area contributed by atoms with Gasteiger partial charge >= 0.3 is 16.3 Å².